The zero-order chi connectivity index (χ0) is 16.9. The lowest BCUT2D eigenvalue weighted by atomic mass is 9.90. The lowest BCUT2D eigenvalue weighted by molar-refractivity contribution is 0.130. The molecule has 24 heavy (non-hydrogen) atoms. The standard InChI is InChI=1S/C18H18ClNO3S/c1-12-6-8-14(9-7-12)24(21,22)20-11-13(10-19)17-15-4-2-3-5-16(15)23-18(17)20/h2-9,13,17-18H,10-11H2,1H3/t13?,17-,18+/m0/s1. The second-order valence-electron chi connectivity index (χ2n) is 6.37. The Hall–Kier alpha value is -1.56. The maximum atomic E-state index is 13.1. The van der Waals surface area contributed by atoms with Crippen LogP contribution in [-0.4, -0.2) is 31.4 Å². The molecule has 4 nitrogen and oxygen atoms in total. The van der Waals surface area contributed by atoms with E-state index in [2.05, 4.69) is 0 Å². The van der Waals surface area contributed by atoms with Gasteiger partial charge in [0.05, 0.1) is 4.90 Å². The lowest BCUT2D eigenvalue weighted by Gasteiger charge is -2.23. The minimum absolute atomic E-state index is 0.0149. The molecule has 1 saturated heterocycles. The van der Waals surface area contributed by atoms with Crippen LogP contribution in [0.15, 0.2) is 53.4 Å². The number of sulfonamides is 1. The third kappa shape index (κ3) is 2.34. The predicted molar refractivity (Wildman–Crippen MR) is 92.9 cm³/mol. The quantitative estimate of drug-likeness (QED) is 0.785. The smallest absolute Gasteiger partial charge is 0.246 e. The summed E-state index contributed by atoms with van der Waals surface area (Å²) in [5, 5.41) is 0. The minimum Gasteiger partial charge on any atom is -0.473 e. The summed E-state index contributed by atoms with van der Waals surface area (Å²) in [6.45, 7) is 2.31. The molecule has 0 aromatic heterocycles. The highest BCUT2D eigenvalue weighted by atomic mass is 35.5. The van der Waals surface area contributed by atoms with Crippen LogP contribution in [-0.2, 0) is 10.0 Å². The van der Waals surface area contributed by atoms with E-state index in [1.807, 2.05) is 43.3 Å². The molecular formula is C18H18ClNO3S. The van der Waals surface area contributed by atoms with E-state index >= 15 is 0 Å². The van der Waals surface area contributed by atoms with Crippen molar-refractivity contribution in [2.75, 3.05) is 12.4 Å². The molecule has 1 fully saturated rings. The number of benzene rings is 2. The number of hydrogen-bond acceptors (Lipinski definition) is 3. The first kappa shape index (κ1) is 15.9. The first-order chi connectivity index (χ1) is 11.5. The Labute approximate surface area is 147 Å². The van der Waals surface area contributed by atoms with Crippen molar-refractivity contribution >= 4 is 21.6 Å². The largest absolute Gasteiger partial charge is 0.473 e. The van der Waals surface area contributed by atoms with Crippen molar-refractivity contribution in [1.82, 2.24) is 4.31 Å². The number of fused-ring (bicyclic) bond motifs is 3. The van der Waals surface area contributed by atoms with Crippen molar-refractivity contribution in [1.29, 1.82) is 0 Å². The minimum atomic E-state index is -3.62. The van der Waals surface area contributed by atoms with E-state index in [4.69, 9.17) is 16.3 Å². The molecule has 0 radical (unpaired) electrons. The Balaban J connectivity index is 1.74. The number of ether oxygens (including phenoxy) is 1. The maximum absolute atomic E-state index is 13.1. The summed E-state index contributed by atoms with van der Waals surface area (Å²) in [7, 11) is -3.62. The van der Waals surface area contributed by atoms with Gasteiger partial charge in [0.1, 0.15) is 5.75 Å². The van der Waals surface area contributed by atoms with Gasteiger partial charge in [-0.1, -0.05) is 35.9 Å². The molecule has 4 rings (SSSR count). The van der Waals surface area contributed by atoms with E-state index in [9.17, 15) is 8.42 Å². The van der Waals surface area contributed by atoms with Crippen molar-refractivity contribution in [2.24, 2.45) is 5.92 Å². The summed E-state index contributed by atoms with van der Waals surface area (Å²) in [5.41, 5.74) is 2.08. The van der Waals surface area contributed by atoms with Gasteiger partial charge in [-0.15, -0.1) is 11.6 Å². The Bertz CT molecular complexity index is 866. The molecule has 0 bridgehead atoms. The van der Waals surface area contributed by atoms with Crippen molar-refractivity contribution in [3.05, 3.63) is 59.7 Å². The van der Waals surface area contributed by atoms with Crippen LogP contribution in [0.25, 0.3) is 0 Å². The number of halogens is 1. The highest BCUT2D eigenvalue weighted by Crippen LogP contribution is 2.49. The third-order valence-corrected chi connectivity index (χ3v) is 7.10. The summed E-state index contributed by atoms with van der Waals surface area (Å²) < 4.78 is 33.7. The van der Waals surface area contributed by atoms with E-state index in [1.165, 1.54) is 4.31 Å². The second kappa shape index (κ2) is 5.76. The summed E-state index contributed by atoms with van der Waals surface area (Å²) in [6, 6.07) is 14.7. The normalized spacial score (nSPS) is 26.0. The Kier molecular flexibility index (Phi) is 3.82. The molecule has 2 heterocycles. The van der Waals surface area contributed by atoms with Gasteiger partial charge in [-0.3, -0.25) is 0 Å². The highest BCUT2D eigenvalue weighted by molar-refractivity contribution is 7.89. The number of para-hydroxylation sites is 1. The molecule has 2 aromatic carbocycles. The molecular weight excluding hydrogens is 346 g/mol. The van der Waals surface area contributed by atoms with Gasteiger partial charge in [-0.25, -0.2) is 8.42 Å². The number of rotatable bonds is 3. The first-order valence-corrected chi connectivity index (χ1v) is 9.90. The van der Waals surface area contributed by atoms with Crippen LogP contribution in [0.1, 0.15) is 17.0 Å². The van der Waals surface area contributed by atoms with Crippen LogP contribution < -0.4 is 4.74 Å². The van der Waals surface area contributed by atoms with Crippen LogP contribution in [0, 0.1) is 12.8 Å². The molecule has 2 aromatic rings. The molecule has 126 valence electrons. The molecule has 6 heteroatoms. The van der Waals surface area contributed by atoms with E-state index in [0.717, 1.165) is 16.9 Å². The van der Waals surface area contributed by atoms with Gasteiger partial charge < -0.3 is 4.74 Å². The molecule has 2 aliphatic rings. The van der Waals surface area contributed by atoms with Gasteiger partial charge in [0.25, 0.3) is 0 Å². The lowest BCUT2D eigenvalue weighted by Crippen LogP contribution is -2.39. The first-order valence-electron chi connectivity index (χ1n) is 7.92. The van der Waals surface area contributed by atoms with Gasteiger partial charge in [0.2, 0.25) is 10.0 Å². The average Bonchev–Trinajstić information content (AvgIpc) is 3.12. The highest BCUT2D eigenvalue weighted by Gasteiger charge is 2.53. The average molecular weight is 364 g/mol. The number of alkyl halides is 1. The van der Waals surface area contributed by atoms with Crippen molar-refractivity contribution in [3.63, 3.8) is 0 Å². The Morgan fingerprint density at radius 1 is 1.17 bits per heavy atom. The SMILES string of the molecule is Cc1ccc(S(=O)(=O)N2CC(CCl)[C@H]3c4ccccc4O[C@H]32)cc1. The van der Waals surface area contributed by atoms with Crippen LogP contribution in [0.2, 0.25) is 0 Å². The number of aryl methyl sites for hydroxylation is 1. The second-order valence-corrected chi connectivity index (χ2v) is 8.57. The van der Waals surface area contributed by atoms with Crippen molar-refractivity contribution in [2.45, 2.75) is 24.0 Å². The van der Waals surface area contributed by atoms with Gasteiger partial charge in [0, 0.05) is 23.9 Å². The molecule has 2 aliphatic heterocycles. The number of nitrogens with zero attached hydrogens (tertiary/aromatic N) is 1. The van der Waals surface area contributed by atoms with Gasteiger partial charge in [-0.05, 0) is 31.0 Å². The Morgan fingerprint density at radius 2 is 1.88 bits per heavy atom. The fraction of sp³-hybridized carbons (Fsp3) is 0.333. The fourth-order valence-electron chi connectivity index (χ4n) is 3.62. The van der Waals surface area contributed by atoms with Crippen molar-refractivity contribution in [3.8, 4) is 5.75 Å². The third-order valence-electron chi connectivity index (χ3n) is 4.86. The topological polar surface area (TPSA) is 46.6 Å². The van der Waals surface area contributed by atoms with Crippen LogP contribution in [0.4, 0.5) is 0 Å². The molecule has 3 atom stereocenters. The van der Waals surface area contributed by atoms with Crippen molar-refractivity contribution < 1.29 is 13.2 Å². The molecule has 0 spiro atoms. The molecule has 0 N–H and O–H groups in total. The van der Waals surface area contributed by atoms with E-state index in [-0.39, 0.29) is 11.8 Å². The summed E-state index contributed by atoms with van der Waals surface area (Å²) in [4.78, 5) is 0.293. The monoisotopic (exact) mass is 363 g/mol. The zero-order valence-electron chi connectivity index (χ0n) is 13.2. The predicted octanol–water partition coefficient (Wildman–Crippen LogP) is 3.36. The van der Waals surface area contributed by atoms with Gasteiger partial charge >= 0.3 is 0 Å². The zero-order valence-corrected chi connectivity index (χ0v) is 14.8. The van der Waals surface area contributed by atoms with E-state index in [1.54, 1.807) is 12.1 Å². The van der Waals surface area contributed by atoms with Crippen LogP contribution in [0.5, 0.6) is 5.75 Å². The summed E-state index contributed by atoms with van der Waals surface area (Å²) in [6.07, 6.45) is -0.516. The molecule has 0 aliphatic carbocycles. The van der Waals surface area contributed by atoms with Crippen LogP contribution >= 0.6 is 11.6 Å². The summed E-state index contributed by atoms with van der Waals surface area (Å²) in [5.74, 6) is 1.18. The van der Waals surface area contributed by atoms with Gasteiger partial charge in [-0.2, -0.15) is 4.31 Å². The van der Waals surface area contributed by atoms with Crippen LogP contribution in [0.3, 0.4) is 0 Å². The fourth-order valence-corrected chi connectivity index (χ4v) is 5.49. The van der Waals surface area contributed by atoms with Gasteiger partial charge in [0.15, 0.2) is 6.23 Å². The molecule has 0 saturated carbocycles. The van der Waals surface area contributed by atoms with E-state index < -0.39 is 16.3 Å². The Morgan fingerprint density at radius 3 is 2.58 bits per heavy atom. The maximum Gasteiger partial charge on any atom is 0.246 e. The number of hydrogen-bond donors (Lipinski definition) is 0. The molecule has 1 unspecified atom stereocenters. The van der Waals surface area contributed by atoms with E-state index in [0.29, 0.717) is 17.3 Å². The molecule has 0 amide bonds. The summed E-state index contributed by atoms with van der Waals surface area (Å²) >= 11 is 6.15.